The number of likely N-dealkylation sites (tertiary alicyclic amines) is 1. The van der Waals surface area contributed by atoms with Crippen molar-refractivity contribution in [2.24, 2.45) is 0 Å². The van der Waals surface area contributed by atoms with Gasteiger partial charge in [-0.3, -0.25) is 4.90 Å². The lowest BCUT2D eigenvalue weighted by molar-refractivity contribution is -0.170. The highest BCUT2D eigenvalue weighted by atomic mass is 19.1. The van der Waals surface area contributed by atoms with Gasteiger partial charge < -0.3 is 4.74 Å². The molecule has 4 heteroatoms. The second-order valence-corrected chi connectivity index (χ2v) is 7.84. The summed E-state index contributed by atoms with van der Waals surface area (Å²) in [5.74, 6) is -0.996. The second kappa shape index (κ2) is 8.97. The first kappa shape index (κ1) is 20.7. The molecule has 0 radical (unpaired) electrons. The summed E-state index contributed by atoms with van der Waals surface area (Å²) in [7, 11) is 0. The van der Waals surface area contributed by atoms with Crippen molar-refractivity contribution in [1.29, 1.82) is 0 Å². The molecule has 1 fully saturated rings. The summed E-state index contributed by atoms with van der Waals surface area (Å²) in [4.78, 5) is 2.23. The summed E-state index contributed by atoms with van der Waals surface area (Å²) in [6.45, 7) is 9.57. The Morgan fingerprint density at radius 3 is 2.46 bits per heavy atom. The molecule has 0 amide bonds. The van der Waals surface area contributed by atoms with Gasteiger partial charge in [-0.05, 0) is 62.8 Å². The smallest absolute Gasteiger partial charge is 0.129 e. The fraction of sp³-hybridized carbons (Fsp3) is 0.417. The number of nitrogens with zero attached hydrogens (tertiary/aromatic N) is 1. The van der Waals surface area contributed by atoms with Crippen LogP contribution in [0.5, 0.6) is 0 Å². The Bertz CT molecular complexity index is 798. The topological polar surface area (TPSA) is 12.5 Å². The minimum Gasteiger partial charge on any atom is -0.356 e. The summed E-state index contributed by atoms with van der Waals surface area (Å²) < 4.78 is 35.2. The number of hydrogen-bond acceptors (Lipinski definition) is 2. The summed E-state index contributed by atoms with van der Waals surface area (Å²) in [5.41, 5.74) is 2.01. The van der Waals surface area contributed by atoms with Crippen molar-refractivity contribution in [3.63, 3.8) is 0 Å². The van der Waals surface area contributed by atoms with Gasteiger partial charge in [-0.15, -0.1) is 0 Å². The van der Waals surface area contributed by atoms with Gasteiger partial charge in [-0.25, -0.2) is 8.78 Å². The maximum Gasteiger partial charge on any atom is 0.129 e. The molecule has 3 rings (SSSR count). The molecule has 1 aliphatic rings. The first-order valence-corrected chi connectivity index (χ1v) is 9.96. The van der Waals surface area contributed by atoms with Crippen LogP contribution in [0.2, 0.25) is 0 Å². The van der Waals surface area contributed by atoms with Crippen LogP contribution in [0.25, 0.3) is 5.57 Å². The quantitative estimate of drug-likeness (QED) is 0.583. The van der Waals surface area contributed by atoms with Crippen molar-refractivity contribution >= 4 is 5.57 Å². The number of halogens is 2. The highest BCUT2D eigenvalue weighted by Crippen LogP contribution is 2.31. The molecule has 2 aromatic carbocycles. The van der Waals surface area contributed by atoms with E-state index in [2.05, 4.69) is 18.4 Å². The van der Waals surface area contributed by atoms with Crippen molar-refractivity contribution < 1.29 is 13.5 Å². The third-order valence-electron chi connectivity index (χ3n) is 5.65. The van der Waals surface area contributed by atoms with Crippen LogP contribution in [0.4, 0.5) is 8.78 Å². The van der Waals surface area contributed by atoms with E-state index >= 15 is 0 Å². The molecule has 2 aromatic rings. The van der Waals surface area contributed by atoms with Gasteiger partial charge in [-0.2, -0.15) is 0 Å². The summed E-state index contributed by atoms with van der Waals surface area (Å²) in [5, 5.41) is 0. The molecular weight excluding hydrogens is 356 g/mol. The SMILES string of the molecule is C=C(C)c1cc(F)c(CCN2CCCCC2(C)OCc2ccccc2)c(F)c1. The summed E-state index contributed by atoms with van der Waals surface area (Å²) in [6, 6.07) is 12.8. The molecule has 150 valence electrons. The fourth-order valence-electron chi connectivity index (χ4n) is 3.81. The van der Waals surface area contributed by atoms with E-state index in [0.29, 0.717) is 30.7 Å². The number of rotatable bonds is 7. The van der Waals surface area contributed by atoms with Crippen LogP contribution in [-0.4, -0.2) is 23.7 Å². The van der Waals surface area contributed by atoms with Crippen LogP contribution in [0.1, 0.15) is 49.8 Å². The molecule has 0 N–H and O–H groups in total. The average Bonchev–Trinajstić information content (AvgIpc) is 2.68. The van der Waals surface area contributed by atoms with Gasteiger partial charge in [0.05, 0.1) is 6.61 Å². The first-order valence-electron chi connectivity index (χ1n) is 9.96. The molecular formula is C24H29F2NO. The zero-order valence-electron chi connectivity index (χ0n) is 16.8. The van der Waals surface area contributed by atoms with E-state index in [1.165, 1.54) is 12.1 Å². The Labute approximate surface area is 166 Å². The zero-order valence-corrected chi connectivity index (χ0v) is 16.8. The van der Waals surface area contributed by atoms with E-state index in [9.17, 15) is 8.78 Å². The largest absolute Gasteiger partial charge is 0.356 e. The number of benzene rings is 2. The van der Waals surface area contributed by atoms with Crippen LogP contribution in [-0.2, 0) is 17.8 Å². The van der Waals surface area contributed by atoms with Crippen LogP contribution < -0.4 is 0 Å². The minimum atomic E-state index is -0.498. The monoisotopic (exact) mass is 385 g/mol. The number of allylic oxidation sites excluding steroid dienone is 1. The van der Waals surface area contributed by atoms with Crippen molar-refractivity contribution in [1.82, 2.24) is 4.90 Å². The van der Waals surface area contributed by atoms with Crippen molar-refractivity contribution in [3.05, 3.63) is 77.4 Å². The van der Waals surface area contributed by atoms with Crippen LogP contribution in [0.15, 0.2) is 49.0 Å². The van der Waals surface area contributed by atoms with Crippen molar-refractivity contribution in [3.8, 4) is 0 Å². The third-order valence-corrected chi connectivity index (χ3v) is 5.65. The first-order chi connectivity index (χ1) is 13.4. The van der Waals surface area contributed by atoms with Gasteiger partial charge in [0.15, 0.2) is 0 Å². The van der Waals surface area contributed by atoms with Gasteiger partial charge in [-0.1, -0.05) is 42.5 Å². The lowest BCUT2D eigenvalue weighted by atomic mass is 9.98. The fourth-order valence-corrected chi connectivity index (χ4v) is 3.81. The molecule has 1 saturated heterocycles. The highest BCUT2D eigenvalue weighted by molar-refractivity contribution is 5.61. The predicted octanol–water partition coefficient (Wildman–Crippen LogP) is 5.96. The van der Waals surface area contributed by atoms with Crippen LogP contribution >= 0.6 is 0 Å². The molecule has 0 aromatic heterocycles. The molecule has 1 aliphatic heterocycles. The van der Waals surface area contributed by atoms with Crippen molar-refractivity contribution in [2.75, 3.05) is 13.1 Å². The van der Waals surface area contributed by atoms with Gasteiger partial charge >= 0.3 is 0 Å². The minimum absolute atomic E-state index is 0.140. The lowest BCUT2D eigenvalue weighted by Gasteiger charge is -2.44. The summed E-state index contributed by atoms with van der Waals surface area (Å²) >= 11 is 0. The Morgan fingerprint density at radius 1 is 1.14 bits per heavy atom. The molecule has 2 nitrogen and oxygen atoms in total. The van der Waals surface area contributed by atoms with Gasteiger partial charge in [0, 0.05) is 18.7 Å². The number of hydrogen-bond donors (Lipinski definition) is 0. The molecule has 0 aliphatic carbocycles. The highest BCUT2D eigenvalue weighted by Gasteiger charge is 2.35. The Balaban J connectivity index is 1.68. The summed E-state index contributed by atoms with van der Waals surface area (Å²) in [6.07, 6.45) is 3.40. The molecule has 28 heavy (non-hydrogen) atoms. The molecule has 0 bridgehead atoms. The predicted molar refractivity (Wildman–Crippen MR) is 110 cm³/mol. The van der Waals surface area contributed by atoms with Gasteiger partial charge in [0.1, 0.15) is 17.4 Å². The second-order valence-electron chi connectivity index (χ2n) is 7.84. The molecule has 1 atom stereocenters. The van der Waals surface area contributed by atoms with Crippen LogP contribution in [0, 0.1) is 11.6 Å². The van der Waals surface area contributed by atoms with E-state index in [4.69, 9.17) is 4.74 Å². The molecule has 0 spiro atoms. The molecule has 1 unspecified atom stereocenters. The molecule has 0 saturated carbocycles. The number of piperidine rings is 1. The maximum absolute atomic E-state index is 14.5. The zero-order chi connectivity index (χ0) is 20.1. The van der Waals surface area contributed by atoms with Crippen LogP contribution in [0.3, 0.4) is 0 Å². The average molecular weight is 385 g/mol. The Hall–Kier alpha value is -2.04. The van der Waals surface area contributed by atoms with Gasteiger partial charge in [0.25, 0.3) is 0 Å². The van der Waals surface area contributed by atoms with Crippen molar-refractivity contribution in [2.45, 2.75) is 51.9 Å². The lowest BCUT2D eigenvalue weighted by Crippen LogP contribution is -2.52. The Morgan fingerprint density at radius 2 is 1.82 bits per heavy atom. The molecule has 1 heterocycles. The Kier molecular flexibility index (Phi) is 6.63. The van der Waals surface area contributed by atoms with E-state index in [1.807, 2.05) is 30.3 Å². The van der Waals surface area contributed by atoms with E-state index in [0.717, 1.165) is 31.4 Å². The van der Waals surface area contributed by atoms with E-state index in [1.54, 1.807) is 6.92 Å². The third kappa shape index (κ3) is 4.86. The van der Waals surface area contributed by atoms with Gasteiger partial charge in [0.2, 0.25) is 0 Å². The van der Waals surface area contributed by atoms with E-state index in [-0.39, 0.29) is 5.56 Å². The number of ether oxygens (including phenoxy) is 1. The maximum atomic E-state index is 14.5. The normalized spacial score (nSPS) is 20.3. The standard InChI is InChI=1S/C24H29F2NO/c1-18(2)20-15-22(25)21(23(26)16-20)11-14-27-13-8-7-12-24(27,3)28-17-19-9-5-4-6-10-19/h4-6,9-10,15-16H,1,7-8,11-14,17H2,2-3H3. The van der Waals surface area contributed by atoms with E-state index < -0.39 is 17.4 Å².